The van der Waals surface area contributed by atoms with E-state index in [-0.39, 0.29) is 5.75 Å². The molecule has 5 heteroatoms. The third kappa shape index (κ3) is 4.83. The molecule has 0 heterocycles. The molecular formula is C21H20ClNO3. The Morgan fingerprint density at radius 3 is 2.27 bits per heavy atom. The summed E-state index contributed by atoms with van der Waals surface area (Å²) in [5.74, 6) is 1.62. The van der Waals surface area contributed by atoms with Crippen LogP contribution in [-0.4, -0.2) is 12.2 Å². The fourth-order valence-corrected chi connectivity index (χ4v) is 2.59. The lowest BCUT2D eigenvalue weighted by Crippen LogP contribution is -2.01. The van der Waals surface area contributed by atoms with Crippen molar-refractivity contribution < 1.29 is 14.6 Å². The lowest BCUT2D eigenvalue weighted by atomic mass is 10.2. The summed E-state index contributed by atoms with van der Waals surface area (Å²) < 4.78 is 11.3. The number of aromatic hydroxyl groups is 1. The van der Waals surface area contributed by atoms with Gasteiger partial charge in [-0.05, 0) is 59.7 Å². The molecule has 3 rings (SSSR count). The summed E-state index contributed by atoms with van der Waals surface area (Å²) in [5.41, 5.74) is 3.04. The molecule has 0 fully saturated rings. The fourth-order valence-electron chi connectivity index (χ4n) is 2.47. The Morgan fingerprint density at radius 1 is 0.885 bits per heavy atom. The predicted octanol–water partition coefficient (Wildman–Crippen LogP) is 5.25. The lowest BCUT2D eigenvalue weighted by Gasteiger charge is -2.13. The quantitative estimate of drug-likeness (QED) is 0.559. The van der Waals surface area contributed by atoms with Crippen molar-refractivity contribution in [3.63, 3.8) is 0 Å². The van der Waals surface area contributed by atoms with Gasteiger partial charge in [0.2, 0.25) is 0 Å². The highest BCUT2D eigenvalue weighted by Crippen LogP contribution is 2.29. The number of ether oxygens (including phenoxy) is 2. The van der Waals surface area contributed by atoms with Gasteiger partial charge in [-0.3, -0.25) is 0 Å². The molecular weight excluding hydrogens is 350 g/mol. The number of nitrogens with one attached hydrogen (secondary N) is 1. The highest BCUT2D eigenvalue weighted by molar-refractivity contribution is 6.30. The molecule has 0 saturated carbocycles. The van der Waals surface area contributed by atoms with E-state index in [0.717, 1.165) is 16.8 Å². The van der Waals surface area contributed by atoms with Crippen molar-refractivity contribution in [1.29, 1.82) is 0 Å². The predicted molar refractivity (Wildman–Crippen MR) is 104 cm³/mol. The number of phenols is 1. The van der Waals surface area contributed by atoms with E-state index >= 15 is 0 Å². The molecule has 0 radical (unpaired) electrons. The number of methoxy groups -OCH3 is 1. The van der Waals surface area contributed by atoms with Crippen molar-refractivity contribution in [1.82, 2.24) is 0 Å². The van der Waals surface area contributed by atoms with Crippen LogP contribution in [0.3, 0.4) is 0 Å². The zero-order chi connectivity index (χ0) is 18.4. The maximum absolute atomic E-state index is 9.32. The van der Waals surface area contributed by atoms with Gasteiger partial charge in [0.15, 0.2) is 11.5 Å². The molecule has 3 aromatic carbocycles. The molecule has 0 saturated heterocycles. The van der Waals surface area contributed by atoms with Crippen molar-refractivity contribution in [2.24, 2.45) is 0 Å². The van der Waals surface area contributed by atoms with Gasteiger partial charge >= 0.3 is 0 Å². The van der Waals surface area contributed by atoms with Crippen molar-refractivity contribution in [2.75, 3.05) is 12.4 Å². The van der Waals surface area contributed by atoms with Gasteiger partial charge in [-0.15, -0.1) is 0 Å². The summed E-state index contributed by atoms with van der Waals surface area (Å²) in [7, 11) is 1.63. The summed E-state index contributed by atoms with van der Waals surface area (Å²) in [6, 6.07) is 20.4. The first-order valence-electron chi connectivity index (χ1n) is 8.21. The van der Waals surface area contributed by atoms with Gasteiger partial charge in [0.05, 0.1) is 7.11 Å². The standard InChI is InChI=1S/C21H20ClNO3/c1-25-21-12-16(13-23-18-7-9-19(24)10-8-18)4-11-20(21)26-14-15-2-5-17(22)6-3-15/h2-12,23-24H,13-14H2,1H3. The largest absolute Gasteiger partial charge is 0.508 e. The van der Waals surface area contributed by atoms with Crippen LogP contribution < -0.4 is 14.8 Å². The van der Waals surface area contributed by atoms with E-state index in [0.29, 0.717) is 29.7 Å². The second kappa shape index (κ2) is 8.50. The molecule has 0 aromatic heterocycles. The van der Waals surface area contributed by atoms with E-state index in [1.54, 1.807) is 19.2 Å². The topological polar surface area (TPSA) is 50.7 Å². The molecule has 0 amide bonds. The number of benzene rings is 3. The molecule has 0 aliphatic carbocycles. The maximum Gasteiger partial charge on any atom is 0.161 e. The normalized spacial score (nSPS) is 10.4. The van der Waals surface area contributed by atoms with Crippen LogP contribution in [-0.2, 0) is 13.2 Å². The summed E-state index contributed by atoms with van der Waals surface area (Å²) in [6.45, 7) is 1.08. The van der Waals surface area contributed by atoms with Crippen LogP contribution in [0.2, 0.25) is 5.02 Å². The second-order valence-electron chi connectivity index (χ2n) is 5.80. The van der Waals surface area contributed by atoms with Crippen LogP contribution in [0.1, 0.15) is 11.1 Å². The number of rotatable bonds is 7. The molecule has 0 atom stereocenters. The molecule has 134 valence electrons. The molecule has 0 unspecified atom stereocenters. The highest BCUT2D eigenvalue weighted by atomic mass is 35.5. The van der Waals surface area contributed by atoms with Gasteiger partial charge in [0.1, 0.15) is 12.4 Å². The van der Waals surface area contributed by atoms with E-state index < -0.39 is 0 Å². The summed E-state index contributed by atoms with van der Waals surface area (Å²) >= 11 is 5.90. The van der Waals surface area contributed by atoms with Crippen LogP contribution in [0.25, 0.3) is 0 Å². The maximum atomic E-state index is 9.32. The van der Waals surface area contributed by atoms with E-state index in [1.807, 2.05) is 54.6 Å². The zero-order valence-corrected chi connectivity index (χ0v) is 15.2. The van der Waals surface area contributed by atoms with Crippen LogP contribution in [0.15, 0.2) is 66.7 Å². The summed E-state index contributed by atoms with van der Waals surface area (Å²) in [5, 5.41) is 13.3. The molecule has 4 nitrogen and oxygen atoms in total. The van der Waals surface area contributed by atoms with E-state index in [9.17, 15) is 5.11 Å². The number of phenolic OH excluding ortho intramolecular Hbond substituents is 1. The van der Waals surface area contributed by atoms with E-state index in [2.05, 4.69) is 5.32 Å². The molecule has 0 bridgehead atoms. The molecule has 3 aromatic rings. The van der Waals surface area contributed by atoms with Crippen molar-refractivity contribution >= 4 is 17.3 Å². The average Bonchev–Trinajstić information content (AvgIpc) is 2.67. The fraction of sp³-hybridized carbons (Fsp3) is 0.143. The van der Waals surface area contributed by atoms with Crippen LogP contribution in [0.5, 0.6) is 17.2 Å². The molecule has 0 aliphatic heterocycles. The third-order valence-electron chi connectivity index (χ3n) is 3.90. The van der Waals surface area contributed by atoms with Gasteiger partial charge < -0.3 is 19.9 Å². The Bertz CT molecular complexity index is 848. The number of halogens is 1. The summed E-state index contributed by atoms with van der Waals surface area (Å²) in [4.78, 5) is 0. The third-order valence-corrected chi connectivity index (χ3v) is 4.15. The van der Waals surface area contributed by atoms with Crippen molar-refractivity contribution in [3.05, 3.63) is 82.9 Å². The van der Waals surface area contributed by atoms with Crippen LogP contribution in [0, 0.1) is 0 Å². The Kier molecular flexibility index (Phi) is 5.87. The Labute approximate surface area is 158 Å². The Morgan fingerprint density at radius 2 is 1.58 bits per heavy atom. The second-order valence-corrected chi connectivity index (χ2v) is 6.24. The minimum Gasteiger partial charge on any atom is -0.508 e. The smallest absolute Gasteiger partial charge is 0.161 e. The molecule has 0 spiro atoms. The monoisotopic (exact) mass is 369 g/mol. The first kappa shape index (κ1) is 18.0. The number of hydrogen-bond donors (Lipinski definition) is 2. The molecule has 2 N–H and O–H groups in total. The molecule has 0 aliphatic rings. The van der Waals surface area contributed by atoms with Gasteiger partial charge in [-0.2, -0.15) is 0 Å². The number of anilines is 1. The minimum absolute atomic E-state index is 0.249. The van der Waals surface area contributed by atoms with Crippen LogP contribution in [0.4, 0.5) is 5.69 Å². The first-order chi connectivity index (χ1) is 12.6. The van der Waals surface area contributed by atoms with Gasteiger partial charge in [0.25, 0.3) is 0 Å². The Balaban J connectivity index is 1.63. The minimum atomic E-state index is 0.249. The van der Waals surface area contributed by atoms with Crippen LogP contribution >= 0.6 is 11.6 Å². The van der Waals surface area contributed by atoms with E-state index in [4.69, 9.17) is 21.1 Å². The van der Waals surface area contributed by atoms with Gasteiger partial charge in [-0.1, -0.05) is 29.8 Å². The van der Waals surface area contributed by atoms with Crippen molar-refractivity contribution in [3.8, 4) is 17.2 Å². The average molecular weight is 370 g/mol. The zero-order valence-electron chi connectivity index (χ0n) is 14.4. The Hall–Kier alpha value is -2.85. The first-order valence-corrected chi connectivity index (χ1v) is 8.59. The van der Waals surface area contributed by atoms with Gasteiger partial charge in [0, 0.05) is 17.3 Å². The molecule has 26 heavy (non-hydrogen) atoms. The van der Waals surface area contributed by atoms with E-state index in [1.165, 1.54) is 0 Å². The highest BCUT2D eigenvalue weighted by Gasteiger charge is 2.07. The van der Waals surface area contributed by atoms with Crippen molar-refractivity contribution in [2.45, 2.75) is 13.2 Å². The number of hydrogen-bond acceptors (Lipinski definition) is 4. The summed E-state index contributed by atoms with van der Waals surface area (Å²) in [6.07, 6.45) is 0. The SMILES string of the molecule is COc1cc(CNc2ccc(O)cc2)ccc1OCc1ccc(Cl)cc1. The lowest BCUT2D eigenvalue weighted by molar-refractivity contribution is 0.284. The van der Waals surface area contributed by atoms with Gasteiger partial charge in [-0.25, -0.2) is 0 Å².